The van der Waals surface area contributed by atoms with E-state index in [2.05, 4.69) is 33.8 Å². The van der Waals surface area contributed by atoms with Crippen LogP contribution in [0.4, 0.5) is 0 Å². The molecule has 4 unspecified atom stereocenters. The predicted octanol–water partition coefficient (Wildman–Crippen LogP) is 4.46. The summed E-state index contributed by atoms with van der Waals surface area (Å²) in [6, 6.07) is 0. The maximum Gasteiger partial charge on any atom is 0.309 e. The maximum atomic E-state index is 14.2. The lowest BCUT2D eigenvalue weighted by atomic mass is 9.46. The molecule has 5 aliphatic carbocycles. The molecule has 6 fully saturated rings. The Morgan fingerprint density at radius 2 is 1.54 bits per heavy atom. The number of rotatable bonds is 14. The fourth-order valence-corrected chi connectivity index (χ4v) is 13.8. The summed E-state index contributed by atoms with van der Waals surface area (Å²) in [4.78, 5) is 65.9. The number of amides is 2. The molecule has 0 radical (unpaired) electrons. The van der Waals surface area contributed by atoms with Gasteiger partial charge in [-0.15, -0.1) is 0 Å². The number of aliphatic hydroxyl groups excluding tert-OH is 3. The molecular weight excluding hydrogens is 867 g/mol. The second-order valence-electron chi connectivity index (χ2n) is 22.2. The zero-order chi connectivity index (χ0) is 48.2. The smallest absolute Gasteiger partial charge is 0.309 e. The van der Waals surface area contributed by atoms with E-state index in [4.69, 9.17) is 28.4 Å². The van der Waals surface area contributed by atoms with Gasteiger partial charge in [-0.2, -0.15) is 0 Å². The molecule has 0 aromatic heterocycles. The Morgan fingerprint density at radius 3 is 2.21 bits per heavy atom. The van der Waals surface area contributed by atoms with Crippen molar-refractivity contribution in [2.45, 2.75) is 192 Å². The van der Waals surface area contributed by atoms with Crippen molar-refractivity contribution in [2.75, 3.05) is 19.8 Å². The number of imide groups is 1. The average molecular weight is 942 g/mol. The minimum atomic E-state index is -1.64. The van der Waals surface area contributed by atoms with Crippen LogP contribution in [0.25, 0.3) is 0 Å². The minimum Gasteiger partial charge on any atom is -0.462 e. The van der Waals surface area contributed by atoms with E-state index >= 15 is 0 Å². The van der Waals surface area contributed by atoms with E-state index in [1.54, 1.807) is 0 Å². The van der Waals surface area contributed by atoms with Crippen LogP contribution in [0.15, 0.2) is 23.8 Å². The van der Waals surface area contributed by atoms with Gasteiger partial charge in [0.25, 0.3) is 11.8 Å². The Labute approximate surface area is 394 Å². The first-order valence-corrected chi connectivity index (χ1v) is 25.2. The van der Waals surface area contributed by atoms with Crippen LogP contribution in [-0.2, 0) is 52.4 Å². The normalized spacial score (nSPS) is 43.5. The van der Waals surface area contributed by atoms with Crippen LogP contribution in [0.1, 0.15) is 131 Å². The van der Waals surface area contributed by atoms with E-state index in [0.717, 1.165) is 38.5 Å². The topological polar surface area (TPSA) is 225 Å². The molecule has 4 saturated carbocycles. The van der Waals surface area contributed by atoms with Crippen molar-refractivity contribution < 1.29 is 72.8 Å². The summed E-state index contributed by atoms with van der Waals surface area (Å²) in [6.45, 7) is 11.6. The molecule has 67 heavy (non-hydrogen) atoms. The average Bonchev–Trinajstić information content (AvgIpc) is 3.72. The first kappa shape index (κ1) is 50.3. The fraction of sp³-hybridized carbons (Fsp3) is 0.824. The highest BCUT2D eigenvalue weighted by molar-refractivity contribution is 6.12. The largest absolute Gasteiger partial charge is 0.462 e. The summed E-state index contributed by atoms with van der Waals surface area (Å²) in [5, 5.41) is 45.0. The number of Topliss-reactive ketones (excluding diaryl/α,β-unsaturated/α-hetero) is 1. The van der Waals surface area contributed by atoms with E-state index in [1.165, 1.54) is 29.5 Å². The Balaban J connectivity index is 0.982. The number of allylic oxidation sites excluding steroid dienone is 1. The zero-order valence-corrected chi connectivity index (χ0v) is 40.2. The van der Waals surface area contributed by atoms with Crippen LogP contribution < -0.4 is 0 Å². The number of aliphatic hydroxyl groups is 4. The van der Waals surface area contributed by atoms with Crippen molar-refractivity contribution in [1.29, 1.82) is 0 Å². The van der Waals surface area contributed by atoms with Crippen molar-refractivity contribution in [3.63, 3.8) is 0 Å². The molecule has 2 amide bonds. The Bertz CT molecular complexity index is 1910. The molecule has 8 rings (SSSR count). The zero-order valence-electron chi connectivity index (χ0n) is 40.2. The molecule has 0 aromatic carbocycles. The monoisotopic (exact) mass is 942 g/mol. The van der Waals surface area contributed by atoms with Gasteiger partial charge in [0.1, 0.15) is 35.8 Å². The van der Waals surface area contributed by atoms with E-state index in [1.807, 2.05) is 6.92 Å². The second-order valence-corrected chi connectivity index (χ2v) is 22.2. The molecule has 0 aromatic rings. The van der Waals surface area contributed by atoms with Crippen molar-refractivity contribution in [3.05, 3.63) is 23.8 Å². The molecule has 8 aliphatic rings. The van der Waals surface area contributed by atoms with Gasteiger partial charge >= 0.3 is 11.9 Å². The molecule has 16 heteroatoms. The third-order valence-corrected chi connectivity index (χ3v) is 17.9. The Hall–Kier alpha value is -3.09. The number of hydrogen-bond donors (Lipinski definition) is 4. The molecule has 4 N–H and O–H groups in total. The van der Waals surface area contributed by atoms with E-state index in [9.17, 15) is 44.4 Å². The molecule has 3 heterocycles. The highest BCUT2D eigenvalue weighted by atomic mass is 16.7. The molecule has 0 bridgehead atoms. The van der Waals surface area contributed by atoms with Crippen LogP contribution >= 0.6 is 0 Å². The molecule has 16 atom stereocenters. The van der Waals surface area contributed by atoms with Crippen molar-refractivity contribution in [3.8, 4) is 0 Å². The molecular formula is C51H75NO15. The Morgan fingerprint density at radius 1 is 0.836 bits per heavy atom. The van der Waals surface area contributed by atoms with E-state index in [-0.39, 0.29) is 90.2 Å². The van der Waals surface area contributed by atoms with Crippen molar-refractivity contribution >= 4 is 29.5 Å². The summed E-state index contributed by atoms with van der Waals surface area (Å²) >= 11 is 0. The summed E-state index contributed by atoms with van der Waals surface area (Å²) in [5.74, 6) is -1.62. The van der Waals surface area contributed by atoms with Gasteiger partial charge in [-0.25, -0.2) is 0 Å². The quantitative estimate of drug-likeness (QED) is 0.107. The highest BCUT2D eigenvalue weighted by Crippen LogP contribution is 2.69. The summed E-state index contributed by atoms with van der Waals surface area (Å²) in [7, 11) is 0. The lowest BCUT2D eigenvalue weighted by Crippen LogP contribution is -2.63. The van der Waals surface area contributed by atoms with Gasteiger partial charge in [0.2, 0.25) is 0 Å². The van der Waals surface area contributed by atoms with E-state index < -0.39 is 72.1 Å². The third-order valence-electron chi connectivity index (χ3n) is 17.9. The highest BCUT2D eigenvalue weighted by Gasteiger charge is 2.70. The van der Waals surface area contributed by atoms with Crippen LogP contribution in [0.2, 0.25) is 0 Å². The molecule has 16 nitrogen and oxygen atoms in total. The number of fused-ring (bicyclic) bond motifs is 5. The number of ether oxygens (including phenoxy) is 6. The predicted molar refractivity (Wildman–Crippen MR) is 239 cm³/mol. The summed E-state index contributed by atoms with van der Waals surface area (Å²) in [6.07, 6.45) is 4.14. The van der Waals surface area contributed by atoms with Gasteiger partial charge in [0.15, 0.2) is 18.7 Å². The Kier molecular flexibility index (Phi) is 15.0. The van der Waals surface area contributed by atoms with Gasteiger partial charge in [0.05, 0.1) is 31.3 Å². The van der Waals surface area contributed by atoms with Gasteiger partial charge in [-0.1, -0.05) is 46.3 Å². The summed E-state index contributed by atoms with van der Waals surface area (Å²) < 4.78 is 36.8. The lowest BCUT2D eigenvalue weighted by molar-refractivity contribution is -0.333. The van der Waals surface area contributed by atoms with Gasteiger partial charge < -0.3 is 48.8 Å². The minimum absolute atomic E-state index is 0.0481. The van der Waals surface area contributed by atoms with Crippen LogP contribution in [0.3, 0.4) is 0 Å². The van der Waals surface area contributed by atoms with Crippen LogP contribution in [0.5, 0.6) is 0 Å². The number of ketones is 1. The molecule has 2 saturated heterocycles. The van der Waals surface area contributed by atoms with Gasteiger partial charge in [-0.3, -0.25) is 28.9 Å². The van der Waals surface area contributed by atoms with Crippen molar-refractivity contribution in [1.82, 2.24) is 4.90 Å². The molecule has 374 valence electrons. The maximum absolute atomic E-state index is 14.2. The molecule has 3 aliphatic heterocycles. The summed E-state index contributed by atoms with van der Waals surface area (Å²) in [5.41, 5.74) is -1.23. The molecule has 0 spiro atoms. The third kappa shape index (κ3) is 9.73. The number of carbonyl (C=O) groups excluding carboxylic acids is 5. The standard InChI is InChI=1S/C51H75NO15/c1-27(2)7-14-37(54)28(3)51(61)41(66-48-46(64-29(4)53)45(40(57)26-63-48)67-44-23-38(55)39(56)25-62-44)22-36-34-13-12-32-21-33(17-19-49(32,5)35(34)18-20-50(36,51)6)65-47(60)31-10-8-30(9-11-31)24-52-42(58)15-16-43(52)59/h12,15-16,27-28,30-31,33-36,38-41,44-46,48,55-57,61H,7-11,13-14,17-26H2,1-6H3/t28-,30-,31-,33+,34?,35?,36?,38-,39-,40+,41+,44+,45+,46-,48?,49+,50+,51-/m1/s1. The van der Waals surface area contributed by atoms with Crippen LogP contribution in [-0.4, -0.2) is 136 Å². The van der Waals surface area contributed by atoms with Gasteiger partial charge in [0, 0.05) is 56.2 Å². The first-order valence-electron chi connectivity index (χ1n) is 25.2. The SMILES string of the molecule is CC(=O)O[C@H]1C(O[C@H]2CC3C4CC=C5C[C@@H](OC(=O)[C@H]6CC[C@H](CN7C(=O)C=CC7=O)CC6)CC[C@]5(C)C4CC[C@]3(C)[C@@]2(O)[C@H](C)C(=O)CCC(C)C)OC[C@H](O)[C@@H]1O[C@H]1C[C@@H](O)[C@H](O)CO1. The number of hydrogen-bond acceptors (Lipinski definition) is 15. The second kappa shape index (κ2) is 20.0. The van der Waals surface area contributed by atoms with Crippen LogP contribution in [0, 0.1) is 52.3 Å². The number of carbonyl (C=O) groups is 5. The first-order chi connectivity index (χ1) is 31.7. The van der Waals surface area contributed by atoms with E-state index in [0.29, 0.717) is 51.5 Å². The lowest BCUT2D eigenvalue weighted by Gasteiger charge is -2.59. The van der Waals surface area contributed by atoms with Crippen molar-refractivity contribution in [2.24, 2.45) is 52.3 Å². The van der Waals surface area contributed by atoms with Gasteiger partial charge in [-0.05, 0) is 106 Å². The number of nitrogens with zero attached hydrogens (tertiary/aromatic N) is 1. The fourth-order valence-electron chi connectivity index (χ4n) is 13.8. The number of esters is 2.